The van der Waals surface area contributed by atoms with Gasteiger partial charge in [-0.05, 0) is 54.7 Å². The number of carbonyl (C=O) groups is 1. The summed E-state index contributed by atoms with van der Waals surface area (Å²) in [7, 11) is 5.92. The van der Waals surface area contributed by atoms with Gasteiger partial charge in [0.1, 0.15) is 6.04 Å². The normalized spacial score (nSPS) is 11.5. The van der Waals surface area contributed by atoms with Crippen LogP contribution in [-0.2, 0) is 9.53 Å². The number of esters is 1. The van der Waals surface area contributed by atoms with Gasteiger partial charge in [-0.3, -0.25) is 5.41 Å². The lowest BCUT2D eigenvalue weighted by Gasteiger charge is -2.20. The topological polar surface area (TPSA) is 162 Å². The van der Waals surface area contributed by atoms with E-state index in [1.165, 1.54) is 7.11 Å². The fraction of sp³-hybridized carbons (Fsp3) is 0.360. The lowest BCUT2D eigenvalue weighted by Crippen LogP contribution is -2.42. The number of ether oxygens (including phenoxy) is 4. The summed E-state index contributed by atoms with van der Waals surface area (Å²) in [6, 6.07) is 8.64. The van der Waals surface area contributed by atoms with E-state index in [9.17, 15) is 14.9 Å². The predicted octanol–water partition coefficient (Wildman–Crippen LogP) is 3.31. The quantitative estimate of drug-likeness (QED) is 0.0901. The molecule has 12 nitrogen and oxygen atoms in total. The van der Waals surface area contributed by atoms with E-state index in [-0.39, 0.29) is 19.4 Å². The van der Waals surface area contributed by atoms with E-state index in [0.717, 1.165) is 16.7 Å². The molecule has 0 amide bonds. The van der Waals surface area contributed by atoms with Crippen molar-refractivity contribution in [2.75, 3.05) is 40.3 Å². The van der Waals surface area contributed by atoms with Gasteiger partial charge < -0.3 is 30.0 Å². The molecule has 37 heavy (non-hydrogen) atoms. The number of nitrogens with one attached hydrogen (secondary N) is 2. The Bertz CT molecular complexity index is 1110. The van der Waals surface area contributed by atoms with Crippen molar-refractivity contribution < 1.29 is 28.8 Å². The van der Waals surface area contributed by atoms with Crippen LogP contribution < -0.4 is 25.3 Å². The largest absolute Gasteiger partial charge is 0.493 e. The van der Waals surface area contributed by atoms with Crippen LogP contribution in [0.15, 0.2) is 30.3 Å². The molecular weight excluding hydrogens is 482 g/mol. The molecule has 4 N–H and O–H groups in total. The zero-order chi connectivity index (χ0) is 27.5. The first-order valence-corrected chi connectivity index (χ1v) is 11.3. The minimum Gasteiger partial charge on any atom is -0.493 e. The molecular formula is C25H33N5O7. The summed E-state index contributed by atoms with van der Waals surface area (Å²) in [5, 5.41) is 21.3. The lowest BCUT2D eigenvalue weighted by molar-refractivity contribution is -0.629. The molecule has 200 valence electrons. The summed E-state index contributed by atoms with van der Waals surface area (Å²) in [4.78, 5) is 23.4. The molecule has 2 aromatic carbocycles. The van der Waals surface area contributed by atoms with Crippen molar-refractivity contribution in [3.63, 3.8) is 0 Å². The van der Waals surface area contributed by atoms with E-state index in [0.29, 0.717) is 27.9 Å². The summed E-state index contributed by atoms with van der Waals surface area (Å²) in [6.07, 6.45) is 4.26. The summed E-state index contributed by atoms with van der Waals surface area (Å²) < 4.78 is 21.1. The molecule has 0 fully saturated rings. The van der Waals surface area contributed by atoms with E-state index in [2.05, 4.69) is 5.32 Å². The molecule has 0 bridgehead atoms. The molecule has 0 aliphatic rings. The van der Waals surface area contributed by atoms with E-state index >= 15 is 0 Å². The Labute approximate surface area is 215 Å². The number of methoxy groups -OCH3 is 4. The van der Waals surface area contributed by atoms with Crippen LogP contribution in [-0.4, -0.2) is 63.0 Å². The van der Waals surface area contributed by atoms with E-state index in [1.807, 2.05) is 49.4 Å². The van der Waals surface area contributed by atoms with Crippen molar-refractivity contribution in [1.82, 2.24) is 5.01 Å². The summed E-state index contributed by atoms with van der Waals surface area (Å²) in [5.74, 6) is 0.397. The van der Waals surface area contributed by atoms with Crippen LogP contribution in [0.2, 0.25) is 0 Å². The number of guanidine groups is 1. The van der Waals surface area contributed by atoms with Gasteiger partial charge in [-0.2, -0.15) is 0 Å². The minimum atomic E-state index is -0.753. The number of nitrogens with zero attached hydrogens (tertiary/aromatic N) is 2. The first kappa shape index (κ1) is 28.8. The third-order valence-electron chi connectivity index (χ3n) is 5.57. The summed E-state index contributed by atoms with van der Waals surface area (Å²) in [5.41, 5.74) is 8.55. The molecule has 0 aliphatic heterocycles. The van der Waals surface area contributed by atoms with Crippen LogP contribution in [0, 0.1) is 22.4 Å². The third kappa shape index (κ3) is 7.75. The molecule has 12 heteroatoms. The maximum absolute atomic E-state index is 12.4. The lowest BCUT2D eigenvalue weighted by atomic mass is 10.1. The predicted molar refractivity (Wildman–Crippen MR) is 140 cm³/mol. The average Bonchev–Trinajstić information content (AvgIpc) is 2.88. The van der Waals surface area contributed by atoms with Gasteiger partial charge in [0.2, 0.25) is 5.75 Å². The molecule has 0 radical (unpaired) electrons. The summed E-state index contributed by atoms with van der Waals surface area (Å²) >= 11 is 0. The summed E-state index contributed by atoms with van der Waals surface area (Å²) in [6.45, 7) is 1.78. The molecule has 0 saturated heterocycles. The molecule has 1 unspecified atom stereocenters. The Morgan fingerprint density at radius 2 is 1.73 bits per heavy atom. The second kappa shape index (κ2) is 13.6. The highest BCUT2D eigenvalue weighted by Crippen LogP contribution is 2.38. The first-order chi connectivity index (χ1) is 17.6. The van der Waals surface area contributed by atoms with Gasteiger partial charge in [-0.15, -0.1) is 0 Å². The van der Waals surface area contributed by atoms with Crippen molar-refractivity contribution in [3.05, 3.63) is 57.1 Å². The molecule has 0 aromatic heterocycles. The maximum Gasteiger partial charge on any atom is 0.328 e. The molecule has 0 spiro atoms. The standard InChI is InChI=1S/C25H33N5O7/c1-16-8-9-17(10-11-18-14-21(34-2)23(36-4)22(15-18)35-3)13-20(16)28-19(24(31)37-5)7-6-12-29(25(26)27)30(32)33/h8-11,13-15,19,28H,6-7,12H2,1-5H3,(H3,26,27)/b11-10-. The number of hydrogen-bond acceptors (Lipinski definition) is 9. The highest BCUT2D eigenvalue weighted by atomic mass is 16.7. The average molecular weight is 516 g/mol. The fourth-order valence-corrected chi connectivity index (χ4v) is 3.60. The van der Waals surface area contributed by atoms with E-state index in [1.54, 1.807) is 21.3 Å². The van der Waals surface area contributed by atoms with Gasteiger partial charge in [-0.1, -0.05) is 29.3 Å². The number of nitro groups is 1. The Kier molecular flexibility index (Phi) is 10.5. The first-order valence-electron chi connectivity index (χ1n) is 11.3. The van der Waals surface area contributed by atoms with Crippen molar-refractivity contribution in [1.29, 1.82) is 5.41 Å². The number of hydrazine groups is 1. The number of hydrogen-bond donors (Lipinski definition) is 3. The number of aryl methyl sites for hydroxylation is 1. The van der Waals surface area contributed by atoms with Gasteiger partial charge in [0.15, 0.2) is 16.5 Å². The van der Waals surface area contributed by atoms with Gasteiger partial charge in [0.05, 0.1) is 35.0 Å². The van der Waals surface area contributed by atoms with Crippen LogP contribution in [0.1, 0.15) is 29.5 Å². The molecule has 1 atom stereocenters. The Morgan fingerprint density at radius 1 is 1.11 bits per heavy atom. The Balaban J connectivity index is 2.23. The van der Waals surface area contributed by atoms with Crippen molar-refractivity contribution >= 4 is 29.8 Å². The highest BCUT2D eigenvalue weighted by molar-refractivity contribution is 5.80. The number of benzene rings is 2. The second-order valence-electron chi connectivity index (χ2n) is 7.97. The number of rotatable bonds is 13. The van der Waals surface area contributed by atoms with Crippen LogP contribution in [0.3, 0.4) is 0 Å². The van der Waals surface area contributed by atoms with Crippen molar-refractivity contribution in [2.24, 2.45) is 5.73 Å². The number of nitrogens with two attached hydrogens (primary N) is 1. The molecule has 2 aromatic rings. The van der Waals surface area contributed by atoms with Crippen LogP contribution in [0.4, 0.5) is 5.69 Å². The highest BCUT2D eigenvalue weighted by Gasteiger charge is 2.23. The molecule has 2 rings (SSSR count). The smallest absolute Gasteiger partial charge is 0.328 e. The van der Waals surface area contributed by atoms with Gasteiger partial charge in [0.25, 0.3) is 5.96 Å². The molecule has 0 aliphatic carbocycles. The van der Waals surface area contributed by atoms with Crippen LogP contribution >= 0.6 is 0 Å². The Hall–Kier alpha value is -4.48. The van der Waals surface area contributed by atoms with Crippen molar-refractivity contribution in [3.8, 4) is 17.2 Å². The Morgan fingerprint density at radius 3 is 2.24 bits per heavy atom. The van der Waals surface area contributed by atoms with Gasteiger partial charge >= 0.3 is 5.97 Å². The van der Waals surface area contributed by atoms with E-state index in [4.69, 9.17) is 30.1 Å². The second-order valence-corrected chi connectivity index (χ2v) is 7.97. The van der Waals surface area contributed by atoms with Crippen molar-refractivity contribution in [2.45, 2.75) is 25.8 Å². The monoisotopic (exact) mass is 515 g/mol. The maximum atomic E-state index is 12.4. The number of anilines is 1. The number of carbonyl (C=O) groups excluding carboxylic acids is 1. The zero-order valence-corrected chi connectivity index (χ0v) is 21.6. The van der Waals surface area contributed by atoms with Crippen LogP contribution in [0.25, 0.3) is 12.2 Å². The van der Waals surface area contributed by atoms with Crippen LogP contribution in [0.5, 0.6) is 17.2 Å². The van der Waals surface area contributed by atoms with E-state index < -0.39 is 23.0 Å². The molecule has 0 heterocycles. The SMILES string of the molecule is COC(=O)C(CCCN(C(=N)N)[N+](=O)[O-])Nc1cc(/C=C\c2cc(OC)c(OC)c(OC)c2)ccc1C. The van der Waals surface area contributed by atoms with Gasteiger partial charge in [0, 0.05) is 5.69 Å². The zero-order valence-electron chi connectivity index (χ0n) is 21.6. The fourth-order valence-electron chi connectivity index (χ4n) is 3.60. The van der Waals surface area contributed by atoms with Gasteiger partial charge in [-0.25, -0.2) is 14.9 Å². The molecule has 0 saturated carbocycles. The minimum absolute atomic E-state index is 0.117. The third-order valence-corrected chi connectivity index (χ3v) is 5.57.